The third kappa shape index (κ3) is 1.96. The number of fused-ring (bicyclic) bond motifs is 1. The number of anilines is 1. The van der Waals surface area contributed by atoms with E-state index in [2.05, 4.69) is 25.8 Å². The highest BCUT2D eigenvalue weighted by Gasteiger charge is 2.13. The van der Waals surface area contributed by atoms with E-state index in [1.165, 1.54) is 9.48 Å². The van der Waals surface area contributed by atoms with Crippen LogP contribution in [0.4, 0.5) is 5.69 Å². The fourth-order valence-electron chi connectivity index (χ4n) is 1.98. The zero-order valence-electron chi connectivity index (χ0n) is 10.00. The Kier molecular flexibility index (Phi) is 2.54. The van der Waals surface area contributed by atoms with Crippen molar-refractivity contribution in [3.8, 4) is 0 Å². The SMILES string of the molecule is Cn1nnc(Cn2nc3c(cc2=O)NCCC3)n1. The molecule has 0 saturated heterocycles. The van der Waals surface area contributed by atoms with Crippen LogP contribution < -0.4 is 10.9 Å². The maximum absolute atomic E-state index is 11.9. The van der Waals surface area contributed by atoms with Gasteiger partial charge < -0.3 is 5.32 Å². The highest BCUT2D eigenvalue weighted by molar-refractivity contribution is 5.48. The summed E-state index contributed by atoms with van der Waals surface area (Å²) in [4.78, 5) is 13.2. The second-order valence-electron chi connectivity index (χ2n) is 4.23. The molecule has 1 N–H and O–H groups in total. The summed E-state index contributed by atoms with van der Waals surface area (Å²) in [6.45, 7) is 1.14. The number of rotatable bonds is 2. The molecule has 2 aromatic heterocycles. The summed E-state index contributed by atoms with van der Waals surface area (Å²) in [5.74, 6) is 0.482. The Morgan fingerprint density at radius 3 is 3.11 bits per heavy atom. The summed E-state index contributed by atoms with van der Waals surface area (Å²) in [6.07, 6.45) is 1.91. The van der Waals surface area contributed by atoms with Crippen LogP contribution in [0.25, 0.3) is 0 Å². The van der Waals surface area contributed by atoms with E-state index in [4.69, 9.17) is 0 Å². The molecule has 2 aromatic rings. The first-order valence-electron chi connectivity index (χ1n) is 5.80. The van der Waals surface area contributed by atoms with Gasteiger partial charge in [0.2, 0.25) is 0 Å². The highest BCUT2D eigenvalue weighted by Crippen LogP contribution is 2.16. The first-order valence-corrected chi connectivity index (χ1v) is 5.80. The smallest absolute Gasteiger partial charge is 0.269 e. The molecule has 0 spiro atoms. The average Bonchev–Trinajstić information content (AvgIpc) is 2.76. The molecule has 1 aliphatic rings. The molecule has 0 aliphatic carbocycles. The minimum Gasteiger partial charge on any atom is -0.383 e. The lowest BCUT2D eigenvalue weighted by atomic mass is 10.1. The third-order valence-corrected chi connectivity index (χ3v) is 2.82. The van der Waals surface area contributed by atoms with Crippen molar-refractivity contribution in [3.63, 3.8) is 0 Å². The van der Waals surface area contributed by atoms with Crippen molar-refractivity contribution in [2.75, 3.05) is 11.9 Å². The minimum atomic E-state index is -0.157. The molecule has 0 radical (unpaired) electrons. The summed E-state index contributed by atoms with van der Waals surface area (Å²) in [7, 11) is 1.68. The van der Waals surface area contributed by atoms with Gasteiger partial charge in [-0.1, -0.05) is 0 Å². The van der Waals surface area contributed by atoms with Gasteiger partial charge in [0.05, 0.1) is 18.4 Å². The first-order chi connectivity index (χ1) is 8.72. The van der Waals surface area contributed by atoms with Crippen LogP contribution in [0, 0.1) is 0 Å². The van der Waals surface area contributed by atoms with E-state index in [-0.39, 0.29) is 12.1 Å². The van der Waals surface area contributed by atoms with Crippen molar-refractivity contribution in [2.45, 2.75) is 19.4 Å². The Bertz CT molecular complexity index is 629. The number of aromatic nitrogens is 6. The fourth-order valence-corrected chi connectivity index (χ4v) is 1.98. The topological polar surface area (TPSA) is 90.5 Å². The van der Waals surface area contributed by atoms with E-state index in [0.717, 1.165) is 30.8 Å². The van der Waals surface area contributed by atoms with Crippen molar-refractivity contribution < 1.29 is 0 Å². The second-order valence-corrected chi connectivity index (χ2v) is 4.23. The number of hydrogen-bond donors (Lipinski definition) is 1. The lowest BCUT2D eigenvalue weighted by Crippen LogP contribution is -2.27. The van der Waals surface area contributed by atoms with Gasteiger partial charge in [-0.2, -0.15) is 9.90 Å². The molecule has 0 saturated carbocycles. The maximum atomic E-state index is 11.9. The molecule has 3 rings (SSSR count). The molecule has 94 valence electrons. The minimum absolute atomic E-state index is 0.157. The van der Waals surface area contributed by atoms with Gasteiger partial charge in [-0.05, 0) is 18.1 Å². The van der Waals surface area contributed by atoms with Gasteiger partial charge in [0.15, 0.2) is 5.82 Å². The Morgan fingerprint density at radius 1 is 1.44 bits per heavy atom. The molecule has 0 aromatic carbocycles. The van der Waals surface area contributed by atoms with Crippen LogP contribution in [0.3, 0.4) is 0 Å². The first kappa shape index (κ1) is 10.9. The largest absolute Gasteiger partial charge is 0.383 e. The van der Waals surface area contributed by atoms with Gasteiger partial charge in [-0.3, -0.25) is 4.79 Å². The Balaban J connectivity index is 1.94. The average molecular weight is 247 g/mol. The summed E-state index contributed by atoms with van der Waals surface area (Å²) >= 11 is 0. The van der Waals surface area contributed by atoms with Crippen LogP contribution in [0.2, 0.25) is 0 Å². The summed E-state index contributed by atoms with van der Waals surface area (Å²) in [5.41, 5.74) is 1.61. The molecule has 8 nitrogen and oxygen atoms in total. The second kappa shape index (κ2) is 4.21. The van der Waals surface area contributed by atoms with Gasteiger partial charge >= 0.3 is 0 Å². The predicted molar refractivity (Wildman–Crippen MR) is 63.2 cm³/mol. The lowest BCUT2D eigenvalue weighted by molar-refractivity contribution is 0.583. The van der Waals surface area contributed by atoms with Crippen molar-refractivity contribution in [3.05, 3.63) is 27.9 Å². The maximum Gasteiger partial charge on any atom is 0.269 e. The molecule has 0 unspecified atom stereocenters. The van der Waals surface area contributed by atoms with Crippen LogP contribution in [-0.4, -0.2) is 36.5 Å². The summed E-state index contributed by atoms with van der Waals surface area (Å²) in [5, 5.41) is 19.1. The highest BCUT2D eigenvalue weighted by atomic mass is 16.1. The molecule has 0 bridgehead atoms. The monoisotopic (exact) mass is 247 g/mol. The molecular formula is C10H13N7O. The van der Waals surface area contributed by atoms with Crippen molar-refractivity contribution >= 4 is 5.69 Å². The Hall–Kier alpha value is -2.25. The van der Waals surface area contributed by atoms with Gasteiger partial charge in [0.25, 0.3) is 5.56 Å². The van der Waals surface area contributed by atoms with Crippen molar-refractivity contribution in [1.29, 1.82) is 0 Å². The van der Waals surface area contributed by atoms with E-state index in [9.17, 15) is 4.79 Å². The van der Waals surface area contributed by atoms with E-state index in [0.29, 0.717) is 5.82 Å². The van der Waals surface area contributed by atoms with E-state index in [1.807, 2.05) is 0 Å². The van der Waals surface area contributed by atoms with Crippen LogP contribution >= 0.6 is 0 Å². The van der Waals surface area contributed by atoms with Crippen LogP contribution in [-0.2, 0) is 20.0 Å². The van der Waals surface area contributed by atoms with Crippen molar-refractivity contribution in [1.82, 2.24) is 30.0 Å². The molecule has 18 heavy (non-hydrogen) atoms. The molecule has 0 amide bonds. The van der Waals surface area contributed by atoms with Gasteiger partial charge in [0.1, 0.15) is 6.54 Å². The molecular weight excluding hydrogens is 234 g/mol. The van der Waals surface area contributed by atoms with Crippen LogP contribution in [0.1, 0.15) is 17.9 Å². The quantitative estimate of drug-likeness (QED) is 0.745. The lowest BCUT2D eigenvalue weighted by Gasteiger charge is -2.17. The number of aryl methyl sites for hydroxylation is 2. The summed E-state index contributed by atoms with van der Waals surface area (Å²) < 4.78 is 1.38. The van der Waals surface area contributed by atoms with Crippen molar-refractivity contribution in [2.24, 2.45) is 7.05 Å². The zero-order valence-corrected chi connectivity index (χ0v) is 10.00. The molecule has 0 fully saturated rings. The number of nitrogens with one attached hydrogen (secondary N) is 1. The number of nitrogens with zero attached hydrogens (tertiary/aromatic N) is 6. The van der Waals surface area contributed by atoms with Crippen LogP contribution in [0.5, 0.6) is 0 Å². The Labute approximate surface area is 103 Å². The standard InChI is InChI=1S/C10H13N7O/c1-16-14-9(12-15-16)6-17-10(18)5-8-7(13-17)3-2-4-11-8/h5,11H,2-4,6H2,1H3. The number of tetrazole rings is 1. The summed E-state index contributed by atoms with van der Waals surface area (Å²) in [6, 6.07) is 1.58. The predicted octanol–water partition coefficient (Wildman–Crippen LogP) is -0.827. The Morgan fingerprint density at radius 2 is 2.33 bits per heavy atom. The molecule has 8 heteroatoms. The van der Waals surface area contributed by atoms with Crippen LogP contribution in [0.15, 0.2) is 10.9 Å². The molecule has 0 atom stereocenters. The molecule has 3 heterocycles. The normalized spacial score (nSPS) is 14.1. The number of hydrogen-bond acceptors (Lipinski definition) is 6. The van der Waals surface area contributed by atoms with E-state index in [1.54, 1.807) is 13.1 Å². The fraction of sp³-hybridized carbons (Fsp3) is 0.500. The van der Waals surface area contributed by atoms with E-state index < -0.39 is 0 Å². The van der Waals surface area contributed by atoms with Gasteiger partial charge in [-0.15, -0.1) is 10.2 Å². The third-order valence-electron chi connectivity index (χ3n) is 2.82. The van der Waals surface area contributed by atoms with Gasteiger partial charge in [-0.25, -0.2) is 4.68 Å². The van der Waals surface area contributed by atoms with E-state index >= 15 is 0 Å². The van der Waals surface area contributed by atoms with Gasteiger partial charge in [0, 0.05) is 12.6 Å². The molecule has 1 aliphatic heterocycles. The zero-order chi connectivity index (χ0) is 12.5.